The predicted octanol–water partition coefficient (Wildman–Crippen LogP) is 6.36. The van der Waals surface area contributed by atoms with Crippen LogP contribution in [-0.4, -0.2) is 29.3 Å². The third kappa shape index (κ3) is 6.99. The Bertz CT molecular complexity index is 1100. The van der Waals surface area contributed by atoms with Crippen molar-refractivity contribution in [1.29, 1.82) is 0 Å². The highest BCUT2D eigenvalue weighted by Gasteiger charge is 2.31. The molecule has 2 amide bonds. The number of halogens is 3. The summed E-state index contributed by atoms with van der Waals surface area (Å²) in [4.78, 5) is 28.4. The molecule has 7 heteroatoms. The fraction of sp³-hybridized carbons (Fsp3) is 0.259. The molecule has 0 heterocycles. The number of carbonyl (C=O) groups excluding carboxylic acids is 2. The summed E-state index contributed by atoms with van der Waals surface area (Å²) >= 11 is 19.2. The molecule has 3 aromatic rings. The van der Waals surface area contributed by atoms with Gasteiger partial charge in [-0.25, -0.2) is 0 Å². The highest BCUT2D eigenvalue weighted by atomic mass is 35.5. The Hall–Kier alpha value is -2.53. The third-order valence-electron chi connectivity index (χ3n) is 5.58. The minimum absolute atomic E-state index is 0.120. The first-order valence-electron chi connectivity index (χ1n) is 11.2. The second-order valence-corrected chi connectivity index (χ2v) is 9.13. The molecule has 3 rings (SSSR count). The summed E-state index contributed by atoms with van der Waals surface area (Å²) in [5.41, 5.74) is 2.44. The van der Waals surface area contributed by atoms with E-state index in [4.69, 9.17) is 34.8 Å². The molecule has 0 saturated heterocycles. The first kappa shape index (κ1) is 26.1. The van der Waals surface area contributed by atoms with Crippen molar-refractivity contribution in [1.82, 2.24) is 10.2 Å². The van der Waals surface area contributed by atoms with Crippen molar-refractivity contribution >= 4 is 46.6 Å². The van der Waals surface area contributed by atoms with Crippen LogP contribution in [0, 0.1) is 0 Å². The summed E-state index contributed by atoms with van der Waals surface area (Å²) < 4.78 is 0. The summed E-state index contributed by atoms with van der Waals surface area (Å²) in [6.45, 7) is 2.43. The van der Waals surface area contributed by atoms with Gasteiger partial charge in [-0.1, -0.05) is 89.4 Å². The van der Waals surface area contributed by atoms with Crippen LogP contribution < -0.4 is 5.32 Å². The number of aryl methyl sites for hydroxylation is 1. The molecule has 3 aromatic carbocycles. The monoisotopic (exact) mass is 516 g/mol. The number of hydrogen-bond acceptors (Lipinski definition) is 2. The molecule has 0 radical (unpaired) electrons. The van der Waals surface area contributed by atoms with E-state index in [1.807, 2.05) is 55.5 Å². The maximum Gasteiger partial charge on any atom is 0.243 e. The summed E-state index contributed by atoms with van der Waals surface area (Å²) in [6.07, 6.45) is 1.02. The minimum atomic E-state index is -0.728. The number of benzene rings is 3. The molecule has 0 saturated carbocycles. The molecule has 4 nitrogen and oxygen atoms in total. The van der Waals surface area contributed by atoms with Crippen LogP contribution in [0.3, 0.4) is 0 Å². The molecule has 0 aliphatic rings. The Morgan fingerprint density at radius 3 is 2.12 bits per heavy atom. The Labute approximate surface area is 215 Å². The van der Waals surface area contributed by atoms with Gasteiger partial charge in [-0.3, -0.25) is 9.59 Å². The molecule has 0 aromatic heterocycles. The quantitative estimate of drug-likeness (QED) is 0.340. The summed E-state index contributed by atoms with van der Waals surface area (Å²) in [7, 11) is 0. The number of rotatable bonds is 10. The van der Waals surface area contributed by atoms with E-state index >= 15 is 0 Å². The van der Waals surface area contributed by atoms with E-state index in [1.165, 1.54) is 0 Å². The van der Waals surface area contributed by atoms with E-state index in [0.29, 0.717) is 40.0 Å². The van der Waals surface area contributed by atoms with Crippen LogP contribution in [0.2, 0.25) is 15.1 Å². The second kappa shape index (κ2) is 12.8. The number of hydrogen-bond donors (Lipinski definition) is 1. The largest absolute Gasteiger partial charge is 0.355 e. The SMILES string of the molecule is CCNC(=O)[C@@H](Cc1ccccc1)N(Cc1c(Cl)cccc1Cl)C(=O)CCc1ccccc1Cl. The van der Waals surface area contributed by atoms with Crippen molar-refractivity contribution in [2.75, 3.05) is 6.54 Å². The second-order valence-electron chi connectivity index (χ2n) is 7.91. The Kier molecular flexibility index (Phi) is 9.82. The first-order valence-corrected chi connectivity index (χ1v) is 12.3. The van der Waals surface area contributed by atoms with Crippen LogP contribution in [0.25, 0.3) is 0 Å². The van der Waals surface area contributed by atoms with Crippen molar-refractivity contribution in [3.63, 3.8) is 0 Å². The van der Waals surface area contributed by atoms with Gasteiger partial charge < -0.3 is 10.2 Å². The number of nitrogens with zero attached hydrogens (tertiary/aromatic N) is 1. The number of amides is 2. The zero-order valence-corrected chi connectivity index (χ0v) is 21.2. The average Bonchev–Trinajstić information content (AvgIpc) is 2.83. The smallest absolute Gasteiger partial charge is 0.243 e. The molecule has 1 N–H and O–H groups in total. The molecule has 178 valence electrons. The van der Waals surface area contributed by atoms with Crippen molar-refractivity contribution in [2.24, 2.45) is 0 Å². The Morgan fingerprint density at radius 1 is 0.853 bits per heavy atom. The van der Waals surface area contributed by atoms with E-state index < -0.39 is 6.04 Å². The molecular formula is C27H27Cl3N2O2. The van der Waals surface area contributed by atoms with Gasteiger partial charge in [0.05, 0.1) is 0 Å². The zero-order valence-electron chi connectivity index (χ0n) is 18.9. The standard InChI is InChI=1S/C27H27Cl3N2O2/c1-2-31-27(34)25(17-19-9-4-3-5-10-19)32(18-21-23(29)13-8-14-24(21)30)26(33)16-15-20-11-6-7-12-22(20)28/h3-14,25H,2,15-18H2,1H3,(H,31,34)/t25-/m1/s1. The third-order valence-corrected chi connectivity index (χ3v) is 6.66. The number of carbonyl (C=O) groups is 2. The van der Waals surface area contributed by atoms with Gasteiger partial charge >= 0.3 is 0 Å². The van der Waals surface area contributed by atoms with E-state index in [0.717, 1.165) is 11.1 Å². The maximum absolute atomic E-state index is 13.6. The highest BCUT2D eigenvalue weighted by molar-refractivity contribution is 6.36. The number of nitrogens with one attached hydrogen (secondary N) is 1. The van der Waals surface area contributed by atoms with Crippen LogP contribution in [-0.2, 0) is 29.0 Å². The van der Waals surface area contributed by atoms with Crippen molar-refractivity contribution in [3.05, 3.63) is 105 Å². The van der Waals surface area contributed by atoms with Crippen LogP contribution >= 0.6 is 34.8 Å². The zero-order chi connectivity index (χ0) is 24.5. The van der Waals surface area contributed by atoms with E-state index in [9.17, 15) is 9.59 Å². The molecule has 0 aliphatic carbocycles. The molecule has 0 unspecified atom stereocenters. The van der Waals surface area contributed by atoms with Gasteiger partial charge in [-0.15, -0.1) is 0 Å². The highest BCUT2D eigenvalue weighted by Crippen LogP contribution is 2.28. The molecule has 0 aliphatic heterocycles. The van der Waals surface area contributed by atoms with Crippen molar-refractivity contribution in [3.8, 4) is 0 Å². The number of likely N-dealkylation sites (N-methyl/N-ethyl adjacent to an activating group) is 1. The summed E-state index contributed by atoms with van der Waals surface area (Å²) in [6, 6.07) is 21.6. The Balaban J connectivity index is 1.95. The fourth-order valence-electron chi connectivity index (χ4n) is 3.79. The normalized spacial score (nSPS) is 11.6. The van der Waals surface area contributed by atoms with Gasteiger partial charge in [-0.05, 0) is 42.7 Å². The van der Waals surface area contributed by atoms with Gasteiger partial charge in [0.25, 0.3) is 0 Å². The van der Waals surface area contributed by atoms with E-state index in [1.54, 1.807) is 29.2 Å². The summed E-state index contributed by atoms with van der Waals surface area (Å²) in [5.74, 6) is -0.399. The topological polar surface area (TPSA) is 49.4 Å². The van der Waals surface area contributed by atoms with Crippen LogP contribution in [0.4, 0.5) is 0 Å². The molecule has 0 fully saturated rings. The molecular weight excluding hydrogens is 491 g/mol. The van der Waals surface area contributed by atoms with Gasteiger partial charge in [0, 0.05) is 46.6 Å². The van der Waals surface area contributed by atoms with Gasteiger partial charge in [-0.2, -0.15) is 0 Å². The van der Waals surface area contributed by atoms with Crippen LogP contribution in [0.5, 0.6) is 0 Å². The summed E-state index contributed by atoms with van der Waals surface area (Å²) in [5, 5.41) is 4.39. The van der Waals surface area contributed by atoms with Crippen LogP contribution in [0.1, 0.15) is 30.0 Å². The van der Waals surface area contributed by atoms with E-state index in [2.05, 4.69) is 5.32 Å². The fourth-order valence-corrected chi connectivity index (χ4v) is 4.53. The van der Waals surface area contributed by atoms with Gasteiger partial charge in [0.2, 0.25) is 11.8 Å². The van der Waals surface area contributed by atoms with Crippen molar-refractivity contribution < 1.29 is 9.59 Å². The average molecular weight is 518 g/mol. The maximum atomic E-state index is 13.6. The molecule has 34 heavy (non-hydrogen) atoms. The lowest BCUT2D eigenvalue weighted by Crippen LogP contribution is -2.50. The lowest BCUT2D eigenvalue weighted by molar-refractivity contribution is -0.141. The van der Waals surface area contributed by atoms with Gasteiger partial charge in [0.15, 0.2) is 0 Å². The van der Waals surface area contributed by atoms with Crippen LogP contribution in [0.15, 0.2) is 72.8 Å². The van der Waals surface area contributed by atoms with E-state index in [-0.39, 0.29) is 24.8 Å². The molecule has 0 bridgehead atoms. The molecule has 1 atom stereocenters. The lowest BCUT2D eigenvalue weighted by Gasteiger charge is -2.32. The predicted molar refractivity (Wildman–Crippen MR) is 139 cm³/mol. The van der Waals surface area contributed by atoms with Crippen molar-refractivity contribution in [2.45, 2.75) is 38.8 Å². The minimum Gasteiger partial charge on any atom is -0.355 e. The first-order chi connectivity index (χ1) is 16.4. The van der Waals surface area contributed by atoms with Gasteiger partial charge in [0.1, 0.15) is 6.04 Å². The molecule has 0 spiro atoms. The Morgan fingerprint density at radius 2 is 1.47 bits per heavy atom. The lowest BCUT2D eigenvalue weighted by atomic mass is 10.0.